The minimum absolute atomic E-state index is 0.729. The van der Waals surface area contributed by atoms with Crippen LogP contribution in [0.4, 0.5) is 0 Å². The Morgan fingerprint density at radius 2 is 1.76 bits per heavy atom. The summed E-state index contributed by atoms with van der Waals surface area (Å²) >= 11 is 0. The van der Waals surface area contributed by atoms with Gasteiger partial charge in [-0.1, -0.05) is 26.0 Å². The normalized spacial score (nSPS) is 11.8. The van der Waals surface area contributed by atoms with E-state index in [-0.39, 0.29) is 0 Å². The first kappa shape index (κ1) is 19.5. The van der Waals surface area contributed by atoms with Crippen LogP contribution >= 0.6 is 7.14 Å². The summed E-state index contributed by atoms with van der Waals surface area (Å²) in [5.74, 6) is 0. The van der Waals surface area contributed by atoms with Gasteiger partial charge in [0.15, 0.2) is 0 Å². The van der Waals surface area contributed by atoms with Crippen molar-refractivity contribution in [1.82, 2.24) is 19.7 Å². The maximum atomic E-state index is 13.3. The average molecular weight is 404 g/mol. The minimum Gasteiger partial charge on any atom is -0.317 e. The Hall–Kier alpha value is -2.78. The molecule has 0 amide bonds. The third-order valence-electron chi connectivity index (χ3n) is 5.08. The second kappa shape index (κ2) is 8.30. The minimum atomic E-state index is -2.38. The Bertz CT molecular complexity index is 1140. The van der Waals surface area contributed by atoms with Gasteiger partial charge in [0, 0.05) is 41.9 Å². The van der Waals surface area contributed by atoms with Gasteiger partial charge in [-0.3, -0.25) is 9.97 Å². The van der Waals surface area contributed by atoms with E-state index in [0.29, 0.717) is 0 Å². The molecule has 0 spiro atoms. The maximum Gasteiger partial charge on any atom is 0.133 e. The van der Waals surface area contributed by atoms with Gasteiger partial charge < -0.3 is 4.57 Å². The average Bonchev–Trinajstić information content (AvgIpc) is 3.18. The summed E-state index contributed by atoms with van der Waals surface area (Å²) in [6.45, 7) is 4.16. The number of pyridine rings is 2. The Morgan fingerprint density at radius 3 is 2.41 bits per heavy atom. The molecule has 0 aliphatic rings. The smallest absolute Gasteiger partial charge is 0.133 e. The third kappa shape index (κ3) is 4.01. The lowest BCUT2D eigenvalue weighted by Gasteiger charge is -2.16. The first-order chi connectivity index (χ1) is 14.1. The Kier molecular flexibility index (Phi) is 5.59. The van der Waals surface area contributed by atoms with E-state index in [2.05, 4.69) is 41.0 Å². The molecule has 1 aromatic carbocycles. The second-order valence-electron chi connectivity index (χ2n) is 7.30. The molecule has 4 rings (SSSR count). The van der Waals surface area contributed by atoms with Gasteiger partial charge >= 0.3 is 0 Å². The fourth-order valence-electron chi connectivity index (χ4n) is 3.69. The van der Waals surface area contributed by atoms with Crippen molar-refractivity contribution in [3.05, 3.63) is 67.3 Å². The topological polar surface area (TPSA) is 60.7 Å². The van der Waals surface area contributed by atoms with Crippen molar-refractivity contribution >= 4 is 23.5 Å². The monoisotopic (exact) mass is 404 g/mol. The molecule has 0 radical (unpaired) electrons. The molecule has 0 bridgehead atoms. The summed E-state index contributed by atoms with van der Waals surface area (Å²) in [6.07, 6.45) is 10.7. The molecule has 6 heteroatoms. The van der Waals surface area contributed by atoms with E-state index in [0.717, 1.165) is 58.3 Å². The van der Waals surface area contributed by atoms with Crippen LogP contribution in [0.25, 0.3) is 27.7 Å². The molecule has 4 aromatic rings. The predicted octanol–water partition coefficient (Wildman–Crippen LogP) is 5.29. The Morgan fingerprint density at radius 1 is 0.966 bits per heavy atom. The standard InChI is InChI=1S/C23H25N4OP/c1-3-12-29(28,13-4-2)23-10-8-19(15-25-23)18-7-9-22-20(14-18)17-27(26-22)21-6-5-11-24-16-21/h5-11,14-17H,3-4,12-13H2,1-2H3. The molecule has 0 N–H and O–H groups in total. The van der Waals surface area contributed by atoms with Crippen LogP contribution in [0.5, 0.6) is 0 Å². The zero-order valence-electron chi connectivity index (χ0n) is 16.8. The molecule has 29 heavy (non-hydrogen) atoms. The first-order valence-corrected chi connectivity index (χ1v) is 12.2. The highest BCUT2D eigenvalue weighted by molar-refractivity contribution is 7.71. The molecule has 3 aromatic heterocycles. The van der Waals surface area contributed by atoms with Crippen molar-refractivity contribution in [2.45, 2.75) is 26.7 Å². The van der Waals surface area contributed by atoms with E-state index in [1.807, 2.05) is 47.4 Å². The molecule has 5 nitrogen and oxygen atoms in total. The van der Waals surface area contributed by atoms with Crippen LogP contribution in [-0.4, -0.2) is 32.1 Å². The molecule has 0 unspecified atom stereocenters. The maximum absolute atomic E-state index is 13.3. The summed E-state index contributed by atoms with van der Waals surface area (Å²) in [5.41, 5.74) is 4.71. The molecule has 0 aliphatic carbocycles. The van der Waals surface area contributed by atoms with Crippen molar-refractivity contribution in [3.63, 3.8) is 0 Å². The van der Waals surface area contributed by atoms with Gasteiger partial charge in [0.1, 0.15) is 7.14 Å². The van der Waals surface area contributed by atoms with Crippen molar-refractivity contribution in [2.24, 2.45) is 0 Å². The second-order valence-corrected chi connectivity index (χ2v) is 10.4. The molecular weight excluding hydrogens is 379 g/mol. The van der Waals surface area contributed by atoms with E-state index in [4.69, 9.17) is 0 Å². The van der Waals surface area contributed by atoms with Crippen LogP contribution in [0.2, 0.25) is 0 Å². The van der Waals surface area contributed by atoms with E-state index < -0.39 is 7.14 Å². The van der Waals surface area contributed by atoms with Crippen molar-refractivity contribution in [3.8, 4) is 16.8 Å². The number of aromatic nitrogens is 4. The number of rotatable bonds is 7. The molecule has 0 aliphatic heterocycles. The van der Waals surface area contributed by atoms with Gasteiger partial charge in [-0.25, -0.2) is 4.68 Å². The lowest BCUT2D eigenvalue weighted by atomic mass is 10.1. The molecule has 3 heterocycles. The quantitative estimate of drug-likeness (QED) is 0.393. The van der Waals surface area contributed by atoms with Crippen LogP contribution < -0.4 is 5.44 Å². The summed E-state index contributed by atoms with van der Waals surface area (Å²) in [7, 11) is -2.38. The summed E-state index contributed by atoms with van der Waals surface area (Å²) < 4.78 is 15.1. The zero-order valence-corrected chi connectivity index (χ0v) is 17.7. The molecule has 0 saturated heterocycles. The lowest BCUT2D eigenvalue weighted by molar-refractivity contribution is 0.578. The van der Waals surface area contributed by atoms with Gasteiger partial charge in [-0.15, -0.1) is 0 Å². The van der Waals surface area contributed by atoms with E-state index in [9.17, 15) is 4.57 Å². The number of hydrogen-bond donors (Lipinski definition) is 0. The third-order valence-corrected chi connectivity index (χ3v) is 8.52. The highest BCUT2D eigenvalue weighted by Gasteiger charge is 2.24. The summed E-state index contributed by atoms with van der Waals surface area (Å²) in [4.78, 5) is 8.76. The zero-order chi connectivity index (χ0) is 20.3. The Balaban J connectivity index is 1.65. The van der Waals surface area contributed by atoms with Crippen LogP contribution in [-0.2, 0) is 4.57 Å². The summed E-state index contributed by atoms with van der Waals surface area (Å²) in [5, 5.41) is 5.68. The molecular formula is C23H25N4OP. The van der Waals surface area contributed by atoms with Crippen molar-refractivity contribution in [1.29, 1.82) is 0 Å². The van der Waals surface area contributed by atoms with Gasteiger partial charge in [-0.2, -0.15) is 5.10 Å². The Labute approximate surface area is 171 Å². The van der Waals surface area contributed by atoms with Crippen molar-refractivity contribution < 1.29 is 4.57 Å². The fourth-order valence-corrected chi connectivity index (χ4v) is 6.43. The van der Waals surface area contributed by atoms with Crippen molar-refractivity contribution in [2.75, 3.05) is 12.3 Å². The molecule has 0 atom stereocenters. The van der Waals surface area contributed by atoms with Crippen LogP contribution in [0, 0.1) is 0 Å². The fraction of sp³-hybridized carbons (Fsp3) is 0.261. The highest BCUT2D eigenvalue weighted by atomic mass is 31.2. The van der Waals surface area contributed by atoms with Gasteiger partial charge in [0.2, 0.25) is 0 Å². The first-order valence-electron chi connectivity index (χ1n) is 10.1. The number of hydrogen-bond acceptors (Lipinski definition) is 4. The largest absolute Gasteiger partial charge is 0.317 e. The summed E-state index contributed by atoms with van der Waals surface area (Å²) in [6, 6.07) is 14.0. The van der Waals surface area contributed by atoms with Crippen LogP contribution in [0.15, 0.2) is 67.3 Å². The van der Waals surface area contributed by atoms with Gasteiger partial charge in [-0.05, 0) is 48.7 Å². The predicted molar refractivity (Wildman–Crippen MR) is 120 cm³/mol. The number of fused-ring (bicyclic) bond motifs is 1. The molecule has 0 saturated carbocycles. The van der Waals surface area contributed by atoms with E-state index >= 15 is 0 Å². The molecule has 0 fully saturated rings. The van der Waals surface area contributed by atoms with Crippen LogP contribution in [0.3, 0.4) is 0 Å². The van der Waals surface area contributed by atoms with Gasteiger partial charge in [0.25, 0.3) is 0 Å². The van der Waals surface area contributed by atoms with Crippen LogP contribution in [0.1, 0.15) is 26.7 Å². The van der Waals surface area contributed by atoms with Gasteiger partial charge in [0.05, 0.1) is 22.8 Å². The SMILES string of the molecule is CCCP(=O)(CCC)c1ccc(-c2ccc3nn(-c4cccnc4)cc3c2)cn1. The molecule has 148 valence electrons. The van der Waals surface area contributed by atoms with E-state index in [1.165, 1.54) is 0 Å². The number of nitrogens with zero attached hydrogens (tertiary/aromatic N) is 4. The number of benzene rings is 1. The highest BCUT2D eigenvalue weighted by Crippen LogP contribution is 2.45. The van der Waals surface area contributed by atoms with E-state index in [1.54, 1.807) is 12.4 Å². The lowest BCUT2D eigenvalue weighted by Crippen LogP contribution is -2.14.